The van der Waals surface area contributed by atoms with Crippen molar-refractivity contribution in [2.45, 2.75) is 59.2 Å². The number of amides is 2. The van der Waals surface area contributed by atoms with Crippen molar-refractivity contribution in [1.82, 2.24) is 10.2 Å². The van der Waals surface area contributed by atoms with Gasteiger partial charge in [-0.15, -0.1) is 0 Å². The van der Waals surface area contributed by atoms with E-state index in [1.54, 1.807) is 31.2 Å². The lowest BCUT2D eigenvalue weighted by atomic mass is 10.0. The Hall–Kier alpha value is -3.72. The summed E-state index contributed by atoms with van der Waals surface area (Å²) in [7, 11) is -3.86. The van der Waals surface area contributed by atoms with Crippen LogP contribution in [-0.4, -0.2) is 49.5 Å². The summed E-state index contributed by atoms with van der Waals surface area (Å²) in [5.74, 6) is -1.35. The van der Waals surface area contributed by atoms with Crippen LogP contribution >= 0.6 is 0 Å². The normalized spacial score (nSPS) is 12.5. The van der Waals surface area contributed by atoms with Crippen molar-refractivity contribution in [3.8, 4) is 0 Å². The van der Waals surface area contributed by atoms with Crippen molar-refractivity contribution < 1.29 is 22.4 Å². The topological polar surface area (TPSA) is 86.8 Å². The number of carbonyl (C=O) groups excluding carboxylic acids is 2. The number of aryl methyl sites for hydroxylation is 1. The molecule has 0 saturated heterocycles. The Morgan fingerprint density at radius 2 is 1.52 bits per heavy atom. The summed E-state index contributed by atoms with van der Waals surface area (Å²) in [5.41, 5.74) is 2.88. The second-order valence-corrected chi connectivity index (χ2v) is 13.0. The Balaban J connectivity index is 2.09. The Kier molecular flexibility index (Phi) is 9.73. The molecule has 0 spiro atoms. The summed E-state index contributed by atoms with van der Waals surface area (Å²) in [5, 5.41) is 2.98. The highest BCUT2D eigenvalue weighted by Gasteiger charge is 2.34. The van der Waals surface area contributed by atoms with Crippen molar-refractivity contribution in [2.24, 2.45) is 0 Å². The Labute approximate surface area is 237 Å². The SMILES string of the molecule is Cc1cccc(N(CC(=O)N(Cc2ccc(F)cc2)[C@H](Cc2ccccc2)C(=O)NC(C)(C)C)S(C)(=O)=O)c1C. The van der Waals surface area contributed by atoms with Crippen molar-refractivity contribution in [1.29, 1.82) is 0 Å². The molecule has 0 aliphatic rings. The van der Waals surface area contributed by atoms with Gasteiger partial charge in [-0.25, -0.2) is 12.8 Å². The van der Waals surface area contributed by atoms with Gasteiger partial charge in [0.25, 0.3) is 0 Å². The molecule has 3 rings (SSSR count). The van der Waals surface area contributed by atoms with Crippen LogP contribution in [0.15, 0.2) is 72.8 Å². The number of rotatable bonds is 10. The van der Waals surface area contributed by atoms with Crippen LogP contribution in [0.3, 0.4) is 0 Å². The number of anilines is 1. The third kappa shape index (κ3) is 8.39. The number of nitrogens with zero attached hydrogens (tertiary/aromatic N) is 2. The summed E-state index contributed by atoms with van der Waals surface area (Å²) < 4.78 is 40.7. The maximum absolute atomic E-state index is 14.1. The second-order valence-electron chi connectivity index (χ2n) is 11.1. The first-order valence-electron chi connectivity index (χ1n) is 13.1. The average Bonchev–Trinajstić information content (AvgIpc) is 2.86. The lowest BCUT2D eigenvalue weighted by Crippen LogP contribution is -2.56. The lowest BCUT2D eigenvalue weighted by Gasteiger charge is -2.35. The third-order valence-corrected chi connectivity index (χ3v) is 7.69. The molecule has 0 unspecified atom stereocenters. The average molecular weight is 568 g/mol. The third-order valence-electron chi connectivity index (χ3n) is 6.56. The number of carbonyl (C=O) groups is 2. The van der Waals surface area contributed by atoms with E-state index in [9.17, 15) is 22.4 Å². The summed E-state index contributed by atoms with van der Waals surface area (Å²) in [6, 6.07) is 19.3. The summed E-state index contributed by atoms with van der Waals surface area (Å²) >= 11 is 0. The van der Waals surface area contributed by atoms with E-state index in [4.69, 9.17) is 0 Å². The summed E-state index contributed by atoms with van der Waals surface area (Å²) in [4.78, 5) is 29.2. The van der Waals surface area contributed by atoms with Crippen molar-refractivity contribution in [3.05, 3.63) is 101 Å². The van der Waals surface area contributed by atoms with Gasteiger partial charge in [-0.1, -0.05) is 54.6 Å². The smallest absolute Gasteiger partial charge is 0.244 e. The van der Waals surface area contributed by atoms with Crippen molar-refractivity contribution in [3.63, 3.8) is 0 Å². The van der Waals surface area contributed by atoms with Crippen LogP contribution in [0.1, 0.15) is 43.0 Å². The fourth-order valence-corrected chi connectivity index (χ4v) is 5.29. The van der Waals surface area contributed by atoms with Gasteiger partial charge in [0, 0.05) is 18.5 Å². The van der Waals surface area contributed by atoms with E-state index in [0.29, 0.717) is 11.3 Å². The predicted octanol–water partition coefficient (Wildman–Crippen LogP) is 4.76. The molecule has 3 aromatic rings. The number of benzene rings is 3. The summed E-state index contributed by atoms with van der Waals surface area (Å²) in [6.45, 7) is 8.71. The van der Waals surface area contributed by atoms with E-state index in [0.717, 1.165) is 27.3 Å². The van der Waals surface area contributed by atoms with Gasteiger partial charge < -0.3 is 10.2 Å². The second kappa shape index (κ2) is 12.6. The Bertz CT molecular complexity index is 1440. The van der Waals surface area contributed by atoms with Crippen LogP contribution in [0.25, 0.3) is 0 Å². The zero-order chi connectivity index (χ0) is 29.7. The van der Waals surface area contributed by atoms with E-state index in [1.165, 1.54) is 17.0 Å². The maximum atomic E-state index is 14.1. The quantitative estimate of drug-likeness (QED) is 0.383. The van der Waals surface area contributed by atoms with Gasteiger partial charge in [-0.05, 0) is 75.1 Å². The number of nitrogens with one attached hydrogen (secondary N) is 1. The first kappa shape index (κ1) is 30.8. The molecule has 3 aromatic carbocycles. The molecule has 1 atom stereocenters. The molecule has 0 fully saturated rings. The van der Waals surface area contributed by atoms with Crippen LogP contribution in [0, 0.1) is 19.7 Å². The summed E-state index contributed by atoms with van der Waals surface area (Å²) in [6.07, 6.45) is 1.26. The molecule has 40 heavy (non-hydrogen) atoms. The standard InChI is InChI=1S/C31H38FN3O4S/c1-22-11-10-14-27(23(22)2)35(40(6,38)39)21-29(36)34(20-25-15-17-26(32)18-16-25)28(30(37)33-31(3,4)5)19-24-12-8-7-9-13-24/h7-18,28H,19-21H2,1-6H3,(H,33,37)/t28-/m1/s1. The van der Waals surface area contributed by atoms with Gasteiger partial charge in [0.05, 0.1) is 11.9 Å². The molecule has 0 aliphatic heterocycles. The molecule has 0 aromatic heterocycles. The molecular weight excluding hydrogens is 529 g/mol. The molecule has 0 radical (unpaired) electrons. The first-order valence-corrected chi connectivity index (χ1v) is 14.9. The van der Waals surface area contributed by atoms with Crippen molar-refractivity contribution >= 4 is 27.5 Å². The Morgan fingerprint density at radius 1 is 0.900 bits per heavy atom. The fourth-order valence-electron chi connectivity index (χ4n) is 4.39. The van der Waals surface area contributed by atoms with Gasteiger partial charge >= 0.3 is 0 Å². The van der Waals surface area contributed by atoms with Crippen LogP contribution in [0.2, 0.25) is 0 Å². The molecule has 0 aliphatic carbocycles. The molecule has 0 bridgehead atoms. The predicted molar refractivity (Wildman–Crippen MR) is 157 cm³/mol. The molecule has 7 nitrogen and oxygen atoms in total. The Morgan fingerprint density at radius 3 is 2.10 bits per heavy atom. The lowest BCUT2D eigenvalue weighted by molar-refractivity contribution is -0.140. The minimum atomic E-state index is -3.86. The highest BCUT2D eigenvalue weighted by Crippen LogP contribution is 2.26. The minimum absolute atomic E-state index is 0.0153. The molecule has 2 amide bonds. The maximum Gasteiger partial charge on any atom is 0.244 e. The highest BCUT2D eigenvalue weighted by atomic mass is 32.2. The fraction of sp³-hybridized carbons (Fsp3) is 0.355. The molecule has 0 saturated carbocycles. The molecule has 1 N–H and O–H groups in total. The van der Waals surface area contributed by atoms with Crippen LogP contribution in [-0.2, 0) is 32.6 Å². The number of halogens is 1. The van der Waals surface area contributed by atoms with Crippen LogP contribution < -0.4 is 9.62 Å². The largest absolute Gasteiger partial charge is 0.350 e. The number of sulfonamides is 1. The molecule has 9 heteroatoms. The van der Waals surface area contributed by atoms with E-state index in [1.807, 2.05) is 64.1 Å². The number of hydrogen-bond donors (Lipinski definition) is 1. The van der Waals surface area contributed by atoms with Crippen molar-refractivity contribution in [2.75, 3.05) is 17.1 Å². The number of hydrogen-bond acceptors (Lipinski definition) is 4. The van der Waals surface area contributed by atoms with Gasteiger partial charge in [0.1, 0.15) is 18.4 Å². The van der Waals surface area contributed by atoms with E-state index < -0.39 is 39.9 Å². The van der Waals surface area contributed by atoms with Crippen LogP contribution in [0.5, 0.6) is 0 Å². The molecule has 0 heterocycles. The van der Waals surface area contributed by atoms with E-state index in [-0.39, 0.29) is 18.9 Å². The van der Waals surface area contributed by atoms with Gasteiger partial charge in [0.15, 0.2) is 0 Å². The van der Waals surface area contributed by atoms with E-state index in [2.05, 4.69) is 5.32 Å². The van der Waals surface area contributed by atoms with E-state index >= 15 is 0 Å². The monoisotopic (exact) mass is 567 g/mol. The van der Waals surface area contributed by atoms with Gasteiger partial charge in [-0.3, -0.25) is 13.9 Å². The van der Waals surface area contributed by atoms with Gasteiger partial charge in [0.2, 0.25) is 21.8 Å². The first-order chi connectivity index (χ1) is 18.7. The molecule has 214 valence electrons. The van der Waals surface area contributed by atoms with Crippen LogP contribution in [0.4, 0.5) is 10.1 Å². The molecular formula is C31H38FN3O4S. The highest BCUT2D eigenvalue weighted by molar-refractivity contribution is 7.92. The van der Waals surface area contributed by atoms with Gasteiger partial charge in [-0.2, -0.15) is 0 Å². The minimum Gasteiger partial charge on any atom is -0.350 e. The zero-order valence-corrected chi connectivity index (χ0v) is 24.8. The zero-order valence-electron chi connectivity index (χ0n) is 23.9.